The summed E-state index contributed by atoms with van der Waals surface area (Å²) in [6, 6.07) is 0. The number of hydrogen-bond donors (Lipinski definition) is 0. The fourth-order valence-corrected chi connectivity index (χ4v) is 3.60. The first-order chi connectivity index (χ1) is 14.2. The van der Waals surface area contributed by atoms with Crippen LogP contribution in [0.3, 0.4) is 0 Å². The van der Waals surface area contributed by atoms with Crippen molar-refractivity contribution in [2.45, 2.75) is 154 Å². The molecule has 2 aliphatic carbocycles. The van der Waals surface area contributed by atoms with E-state index in [1.807, 2.05) is 0 Å². The maximum absolute atomic E-state index is 2.36. The lowest BCUT2D eigenvalue weighted by Crippen LogP contribution is -2.12. The molecule has 0 heterocycles. The van der Waals surface area contributed by atoms with Crippen LogP contribution < -0.4 is 0 Å². The summed E-state index contributed by atoms with van der Waals surface area (Å²) in [6.45, 7) is 29.7. The molecule has 0 radical (unpaired) electrons. The summed E-state index contributed by atoms with van der Waals surface area (Å²) in [5.41, 5.74) is 0.500. The first kappa shape index (κ1) is 33.2. The molecule has 0 heteroatoms. The highest BCUT2D eigenvalue weighted by atomic mass is 14.2. The molecule has 190 valence electrons. The molecular weight excluding hydrogens is 372 g/mol. The SMILES string of the molecule is CC(C)C(C)(C)C.CC(C)C(C)C.CC(C)C1CCCCC1.CC(C)C1CCCCC1. The van der Waals surface area contributed by atoms with Crippen LogP contribution in [0.15, 0.2) is 0 Å². The summed E-state index contributed by atoms with van der Waals surface area (Å²) in [5, 5.41) is 0. The summed E-state index contributed by atoms with van der Waals surface area (Å²) in [4.78, 5) is 0. The van der Waals surface area contributed by atoms with Gasteiger partial charge >= 0.3 is 0 Å². The normalized spacial score (nSPS) is 18.4. The highest BCUT2D eigenvalue weighted by Crippen LogP contribution is 2.30. The fraction of sp³-hybridized carbons (Fsp3) is 1.00. The molecule has 0 N–H and O–H groups in total. The summed E-state index contributed by atoms with van der Waals surface area (Å²) < 4.78 is 0. The second-order valence-corrected chi connectivity index (χ2v) is 13.3. The van der Waals surface area contributed by atoms with Gasteiger partial charge < -0.3 is 0 Å². The van der Waals surface area contributed by atoms with Crippen LogP contribution in [0.2, 0.25) is 0 Å². The Balaban J connectivity index is 0. The number of rotatable bonds is 3. The Morgan fingerprint density at radius 1 is 0.452 bits per heavy atom. The van der Waals surface area contributed by atoms with Crippen molar-refractivity contribution in [3.05, 3.63) is 0 Å². The van der Waals surface area contributed by atoms with Crippen molar-refractivity contribution in [2.24, 2.45) is 46.8 Å². The van der Waals surface area contributed by atoms with Crippen LogP contribution in [0, 0.1) is 46.8 Å². The van der Waals surface area contributed by atoms with Gasteiger partial charge in [0, 0.05) is 0 Å². The average molecular weight is 439 g/mol. The van der Waals surface area contributed by atoms with Crippen molar-refractivity contribution in [1.29, 1.82) is 0 Å². The predicted molar refractivity (Wildman–Crippen MR) is 147 cm³/mol. The van der Waals surface area contributed by atoms with Crippen LogP contribution in [0.4, 0.5) is 0 Å². The molecule has 0 aromatic heterocycles. The highest BCUT2D eigenvalue weighted by molar-refractivity contribution is 4.68. The Hall–Kier alpha value is 0. The average Bonchev–Trinajstić information content (AvgIpc) is 2.70. The van der Waals surface area contributed by atoms with Gasteiger partial charge in [-0.3, -0.25) is 0 Å². The van der Waals surface area contributed by atoms with Crippen molar-refractivity contribution >= 4 is 0 Å². The second kappa shape index (κ2) is 18.4. The van der Waals surface area contributed by atoms with Crippen LogP contribution in [-0.2, 0) is 0 Å². The molecule has 0 aromatic carbocycles. The lowest BCUT2D eigenvalue weighted by molar-refractivity contribution is 0.279. The minimum absolute atomic E-state index is 0.500. The Morgan fingerprint density at radius 2 is 0.677 bits per heavy atom. The van der Waals surface area contributed by atoms with E-state index in [2.05, 4.69) is 90.0 Å². The molecule has 0 aromatic rings. The molecule has 31 heavy (non-hydrogen) atoms. The molecule has 2 aliphatic rings. The predicted octanol–water partition coefficient (Wildman–Crippen LogP) is 11.4. The lowest BCUT2D eigenvalue weighted by atomic mass is 9.82. The van der Waals surface area contributed by atoms with Crippen LogP contribution in [0.1, 0.15) is 154 Å². The van der Waals surface area contributed by atoms with Gasteiger partial charge in [0.1, 0.15) is 0 Å². The van der Waals surface area contributed by atoms with Gasteiger partial charge in [-0.15, -0.1) is 0 Å². The molecule has 0 aliphatic heterocycles. The Morgan fingerprint density at radius 3 is 0.774 bits per heavy atom. The zero-order chi connectivity index (χ0) is 24.6. The first-order valence-electron chi connectivity index (χ1n) is 14.2. The molecule has 0 spiro atoms. The van der Waals surface area contributed by atoms with Gasteiger partial charge in [0.15, 0.2) is 0 Å². The molecule has 0 unspecified atom stereocenters. The van der Waals surface area contributed by atoms with E-state index in [-0.39, 0.29) is 0 Å². The highest BCUT2D eigenvalue weighted by Gasteiger charge is 2.16. The molecule has 0 nitrogen and oxygen atoms in total. The van der Waals surface area contributed by atoms with E-state index in [0.717, 1.165) is 41.4 Å². The van der Waals surface area contributed by atoms with Crippen molar-refractivity contribution < 1.29 is 0 Å². The molecule has 0 amide bonds. The summed E-state index contributed by atoms with van der Waals surface area (Å²) in [6.07, 6.45) is 14.9. The summed E-state index contributed by atoms with van der Waals surface area (Å²) in [7, 11) is 0. The molecule has 0 bridgehead atoms. The smallest absolute Gasteiger partial charge is 0.0360 e. The van der Waals surface area contributed by atoms with Crippen LogP contribution >= 0.6 is 0 Å². The quantitative estimate of drug-likeness (QED) is 0.411. The van der Waals surface area contributed by atoms with Crippen molar-refractivity contribution in [3.63, 3.8) is 0 Å². The number of hydrogen-bond acceptors (Lipinski definition) is 0. The topological polar surface area (TPSA) is 0 Å². The Labute approximate surface area is 201 Å². The minimum Gasteiger partial charge on any atom is -0.0625 e. The summed E-state index contributed by atoms with van der Waals surface area (Å²) >= 11 is 0. The van der Waals surface area contributed by atoms with Crippen LogP contribution in [0.25, 0.3) is 0 Å². The van der Waals surface area contributed by atoms with Gasteiger partial charge in [0.2, 0.25) is 0 Å². The summed E-state index contributed by atoms with van der Waals surface area (Å²) in [5.74, 6) is 6.48. The molecule has 2 rings (SSSR count). The zero-order valence-corrected chi connectivity index (χ0v) is 24.6. The van der Waals surface area contributed by atoms with Gasteiger partial charge in [-0.2, -0.15) is 0 Å². The van der Waals surface area contributed by atoms with E-state index in [4.69, 9.17) is 0 Å². The van der Waals surface area contributed by atoms with Gasteiger partial charge in [-0.05, 0) is 46.8 Å². The van der Waals surface area contributed by atoms with Gasteiger partial charge in [-0.1, -0.05) is 154 Å². The maximum Gasteiger partial charge on any atom is -0.0360 e. The third kappa shape index (κ3) is 20.3. The largest absolute Gasteiger partial charge is 0.0625 e. The molecule has 2 fully saturated rings. The van der Waals surface area contributed by atoms with Crippen LogP contribution in [0.5, 0.6) is 0 Å². The molecule has 2 saturated carbocycles. The molecule has 0 atom stereocenters. The molecular formula is C31H66. The standard InChI is InChI=1S/2C9H18.C7H16.C6H14/c2*1-8(2)9-6-4-3-5-7-9;1-6(2)7(3,4)5;1-5(2)6(3)4/h2*8-9H,3-7H2,1-2H3;6H,1-5H3;5-6H,1-4H3. The van der Waals surface area contributed by atoms with E-state index >= 15 is 0 Å². The van der Waals surface area contributed by atoms with E-state index < -0.39 is 0 Å². The van der Waals surface area contributed by atoms with Gasteiger partial charge in [0.25, 0.3) is 0 Å². The van der Waals surface area contributed by atoms with E-state index in [9.17, 15) is 0 Å². The first-order valence-corrected chi connectivity index (χ1v) is 14.2. The van der Waals surface area contributed by atoms with E-state index in [1.54, 1.807) is 0 Å². The van der Waals surface area contributed by atoms with Gasteiger partial charge in [-0.25, -0.2) is 0 Å². The van der Waals surface area contributed by atoms with Crippen molar-refractivity contribution in [1.82, 2.24) is 0 Å². The van der Waals surface area contributed by atoms with Crippen molar-refractivity contribution in [2.75, 3.05) is 0 Å². The lowest BCUT2D eigenvalue weighted by Gasteiger charge is -2.24. The fourth-order valence-electron chi connectivity index (χ4n) is 3.60. The van der Waals surface area contributed by atoms with E-state index in [0.29, 0.717) is 5.41 Å². The maximum atomic E-state index is 2.36. The van der Waals surface area contributed by atoms with E-state index in [1.165, 1.54) is 64.2 Å². The Bertz CT molecular complexity index is 326. The van der Waals surface area contributed by atoms with Crippen LogP contribution in [-0.4, -0.2) is 0 Å². The monoisotopic (exact) mass is 439 g/mol. The minimum atomic E-state index is 0.500. The second-order valence-electron chi connectivity index (χ2n) is 13.3. The van der Waals surface area contributed by atoms with Crippen molar-refractivity contribution in [3.8, 4) is 0 Å². The third-order valence-electron chi connectivity index (χ3n) is 8.25. The zero-order valence-electron chi connectivity index (χ0n) is 24.6. The van der Waals surface area contributed by atoms with Gasteiger partial charge in [0.05, 0.1) is 0 Å². The molecule has 0 saturated heterocycles. The third-order valence-corrected chi connectivity index (χ3v) is 8.25. The Kier molecular flexibility index (Phi) is 19.7.